The fourth-order valence-electron chi connectivity index (χ4n) is 7.82. The van der Waals surface area contributed by atoms with Gasteiger partial charge in [-0.15, -0.1) is 0 Å². The number of anilines is 1. The first-order chi connectivity index (χ1) is 19.8. The van der Waals surface area contributed by atoms with Crippen molar-refractivity contribution >= 4 is 16.7 Å². The first-order valence-corrected chi connectivity index (χ1v) is 15.5. The van der Waals surface area contributed by atoms with Crippen molar-refractivity contribution in [1.29, 1.82) is 0 Å². The standard InChI is InChI=1S/C33H41FN4O3/c1-32(40)13-5-17-38(19-32)30-25-12-11-24(26-18-22(39)9-10-23(26)21-6-2-7-21)28(34)29(25)36-31(37-30)41-20-33-14-3-8-27(33)35-16-4-15-33/h9-12,18,21,27,35,39-40H,2-8,13-17,19-20H2,1H3. The van der Waals surface area contributed by atoms with Gasteiger partial charge in [-0.05, 0) is 100 Å². The number of hydrogen-bond donors (Lipinski definition) is 3. The molecule has 4 fully saturated rings. The molecule has 2 aromatic carbocycles. The van der Waals surface area contributed by atoms with Gasteiger partial charge in [0, 0.05) is 35.5 Å². The highest BCUT2D eigenvalue weighted by atomic mass is 19.1. The monoisotopic (exact) mass is 560 g/mol. The van der Waals surface area contributed by atoms with Crippen LogP contribution in [0.3, 0.4) is 0 Å². The Bertz CT molecular complexity index is 1460. The number of rotatable bonds is 6. The lowest BCUT2D eigenvalue weighted by Crippen LogP contribution is -2.49. The molecule has 0 radical (unpaired) electrons. The molecule has 41 heavy (non-hydrogen) atoms. The lowest BCUT2D eigenvalue weighted by atomic mass is 9.76. The van der Waals surface area contributed by atoms with E-state index in [1.54, 1.807) is 18.2 Å². The number of aromatic hydroxyl groups is 1. The highest BCUT2D eigenvalue weighted by Gasteiger charge is 2.45. The number of nitrogens with zero attached hydrogens (tertiary/aromatic N) is 3. The molecule has 1 aromatic heterocycles. The molecular weight excluding hydrogens is 519 g/mol. The van der Waals surface area contributed by atoms with E-state index in [0.717, 1.165) is 69.2 Å². The van der Waals surface area contributed by atoms with Gasteiger partial charge < -0.3 is 25.2 Å². The average Bonchev–Trinajstić information content (AvgIpc) is 3.36. The first kappa shape index (κ1) is 26.9. The van der Waals surface area contributed by atoms with E-state index in [-0.39, 0.29) is 22.7 Å². The van der Waals surface area contributed by atoms with Crippen molar-refractivity contribution in [3.05, 3.63) is 41.7 Å². The summed E-state index contributed by atoms with van der Waals surface area (Å²) in [5.41, 5.74) is 1.66. The smallest absolute Gasteiger partial charge is 0.319 e. The Morgan fingerprint density at radius 2 is 1.88 bits per heavy atom. The van der Waals surface area contributed by atoms with Gasteiger partial charge in [0.15, 0.2) is 5.82 Å². The van der Waals surface area contributed by atoms with Gasteiger partial charge >= 0.3 is 6.01 Å². The fourth-order valence-corrected chi connectivity index (χ4v) is 7.82. The minimum atomic E-state index is -0.849. The highest BCUT2D eigenvalue weighted by Crippen LogP contribution is 2.46. The van der Waals surface area contributed by atoms with Crippen LogP contribution in [0, 0.1) is 11.2 Å². The van der Waals surface area contributed by atoms with Crippen molar-refractivity contribution < 1.29 is 19.3 Å². The summed E-state index contributed by atoms with van der Waals surface area (Å²) in [5, 5.41) is 25.5. The van der Waals surface area contributed by atoms with Crippen LogP contribution in [0.2, 0.25) is 0 Å². The summed E-state index contributed by atoms with van der Waals surface area (Å²) in [4.78, 5) is 11.6. The molecule has 2 saturated carbocycles. The third-order valence-electron chi connectivity index (χ3n) is 10.3. The minimum absolute atomic E-state index is 0.0607. The summed E-state index contributed by atoms with van der Waals surface area (Å²) in [5.74, 6) is 0.672. The zero-order valence-electron chi connectivity index (χ0n) is 24.0. The molecule has 0 amide bonds. The van der Waals surface area contributed by atoms with E-state index < -0.39 is 11.4 Å². The predicted molar refractivity (Wildman–Crippen MR) is 158 cm³/mol. The van der Waals surface area contributed by atoms with Crippen LogP contribution in [0.4, 0.5) is 10.2 Å². The zero-order valence-corrected chi connectivity index (χ0v) is 24.0. The molecule has 0 bridgehead atoms. The third-order valence-corrected chi connectivity index (χ3v) is 10.3. The van der Waals surface area contributed by atoms with Gasteiger partial charge in [0.25, 0.3) is 0 Å². The van der Waals surface area contributed by atoms with Crippen LogP contribution in [-0.4, -0.2) is 58.1 Å². The number of fused-ring (bicyclic) bond motifs is 2. The summed E-state index contributed by atoms with van der Waals surface area (Å²) >= 11 is 0. The van der Waals surface area contributed by atoms with E-state index in [1.165, 1.54) is 12.8 Å². The van der Waals surface area contributed by atoms with Gasteiger partial charge in [0.05, 0.1) is 12.2 Å². The number of piperidine rings is 2. The first-order valence-electron chi connectivity index (χ1n) is 15.5. The van der Waals surface area contributed by atoms with Gasteiger partial charge in [0.1, 0.15) is 17.1 Å². The van der Waals surface area contributed by atoms with Crippen LogP contribution >= 0.6 is 0 Å². The summed E-state index contributed by atoms with van der Waals surface area (Å²) in [6.45, 7) is 4.53. The summed E-state index contributed by atoms with van der Waals surface area (Å²) in [7, 11) is 0. The van der Waals surface area contributed by atoms with E-state index in [2.05, 4.69) is 5.32 Å². The van der Waals surface area contributed by atoms with E-state index >= 15 is 4.39 Å². The number of β-amino-alcohol motifs (C(OH)–C–C–N with tert-alkyl or cyclic N) is 1. The van der Waals surface area contributed by atoms with Gasteiger partial charge in [0.2, 0.25) is 0 Å². The second kappa shape index (κ2) is 10.4. The van der Waals surface area contributed by atoms with E-state index in [1.807, 2.05) is 24.0 Å². The molecule has 7 rings (SSSR count). The lowest BCUT2D eigenvalue weighted by molar-refractivity contribution is 0.0446. The molecule has 3 N–H and O–H groups in total. The summed E-state index contributed by atoms with van der Waals surface area (Å²) in [6, 6.07) is 9.61. The van der Waals surface area contributed by atoms with Crippen molar-refractivity contribution in [3.63, 3.8) is 0 Å². The lowest BCUT2D eigenvalue weighted by Gasteiger charge is -2.40. The Kier molecular flexibility index (Phi) is 6.81. The summed E-state index contributed by atoms with van der Waals surface area (Å²) in [6.07, 6.45) is 10.5. The van der Waals surface area contributed by atoms with E-state index in [4.69, 9.17) is 14.7 Å². The van der Waals surface area contributed by atoms with Crippen molar-refractivity contribution in [2.75, 3.05) is 31.1 Å². The number of nitrogens with one attached hydrogen (secondary N) is 1. The maximum absolute atomic E-state index is 16.6. The molecule has 4 aliphatic rings. The minimum Gasteiger partial charge on any atom is -0.508 e. The topological polar surface area (TPSA) is 90.7 Å². The van der Waals surface area contributed by atoms with Crippen molar-refractivity contribution in [1.82, 2.24) is 15.3 Å². The fraction of sp³-hybridized carbons (Fsp3) is 0.576. The Morgan fingerprint density at radius 3 is 2.68 bits per heavy atom. The van der Waals surface area contributed by atoms with Crippen molar-refractivity contribution in [2.24, 2.45) is 5.41 Å². The zero-order chi connectivity index (χ0) is 28.2. The number of phenols is 1. The van der Waals surface area contributed by atoms with Crippen LogP contribution in [0.15, 0.2) is 30.3 Å². The largest absolute Gasteiger partial charge is 0.508 e. The second-order valence-electron chi connectivity index (χ2n) is 13.2. The Hall–Kier alpha value is -2.97. The molecule has 3 unspecified atom stereocenters. The number of aliphatic hydroxyl groups is 1. The Labute approximate surface area is 241 Å². The van der Waals surface area contributed by atoms with Gasteiger partial charge in [-0.2, -0.15) is 9.97 Å². The number of hydrogen-bond acceptors (Lipinski definition) is 7. The van der Waals surface area contributed by atoms with E-state index in [9.17, 15) is 10.2 Å². The van der Waals surface area contributed by atoms with E-state index in [0.29, 0.717) is 48.3 Å². The van der Waals surface area contributed by atoms with Crippen LogP contribution in [0.5, 0.6) is 11.8 Å². The molecule has 3 atom stereocenters. The SMILES string of the molecule is CC1(O)CCCN(c2nc(OCC34CCCNC3CCC4)nc3c(F)c(-c4cc(O)ccc4C4CCC4)ccc23)C1. The normalized spacial score (nSPS) is 28.5. The number of ether oxygens (including phenoxy) is 1. The molecule has 8 heteroatoms. The van der Waals surface area contributed by atoms with Crippen LogP contribution in [-0.2, 0) is 0 Å². The van der Waals surface area contributed by atoms with Crippen molar-refractivity contribution in [3.8, 4) is 22.9 Å². The van der Waals surface area contributed by atoms with Crippen molar-refractivity contribution in [2.45, 2.75) is 88.7 Å². The highest BCUT2D eigenvalue weighted by molar-refractivity contribution is 5.94. The Balaban J connectivity index is 1.32. The molecule has 3 aromatic rings. The molecule has 0 spiro atoms. The molecule has 7 nitrogen and oxygen atoms in total. The molecule has 3 heterocycles. The van der Waals surface area contributed by atoms with Crippen LogP contribution < -0.4 is 15.0 Å². The number of halogens is 1. The van der Waals surface area contributed by atoms with Gasteiger partial charge in [-0.3, -0.25) is 0 Å². The maximum atomic E-state index is 16.6. The van der Waals surface area contributed by atoms with Gasteiger partial charge in [-0.1, -0.05) is 25.0 Å². The predicted octanol–water partition coefficient (Wildman–Crippen LogP) is 6.06. The maximum Gasteiger partial charge on any atom is 0.319 e. The molecule has 2 aliphatic heterocycles. The number of benzene rings is 2. The average molecular weight is 561 g/mol. The second-order valence-corrected chi connectivity index (χ2v) is 13.2. The Morgan fingerprint density at radius 1 is 1.02 bits per heavy atom. The quantitative estimate of drug-likeness (QED) is 0.338. The number of phenolic OH excluding ortho intramolecular Hbond substituents is 1. The number of aromatic nitrogens is 2. The third kappa shape index (κ3) is 4.93. The molecule has 2 aliphatic carbocycles. The van der Waals surface area contributed by atoms with Crippen LogP contribution in [0.1, 0.15) is 82.6 Å². The molecule has 2 saturated heterocycles. The molecular formula is C33H41FN4O3. The summed E-state index contributed by atoms with van der Waals surface area (Å²) < 4.78 is 23.0. The van der Waals surface area contributed by atoms with Gasteiger partial charge in [-0.25, -0.2) is 4.39 Å². The molecule has 218 valence electrons. The van der Waals surface area contributed by atoms with Crippen LogP contribution in [0.25, 0.3) is 22.0 Å².